The molecule has 1 heterocycles. The quantitative estimate of drug-likeness (QED) is 0.645. The zero-order valence-corrected chi connectivity index (χ0v) is 14.1. The third kappa shape index (κ3) is 4.05. The Balaban J connectivity index is 2.32. The van der Waals surface area contributed by atoms with Gasteiger partial charge in [-0.15, -0.1) is 0 Å². The lowest BCUT2D eigenvalue weighted by Crippen LogP contribution is -2.23. The van der Waals surface area contributed by atoms with Crippen molar-refractivity contribution in [2.24, 2.45) is 0 Å². The number of ether oxygens (including phenoxy) is 2. The average molecular weight is 353 g/mol. The molecule has 0 bridgehead atoms. The number of carbonyl (C=O) groups excluding carboxylic acids is 3. The molecular weight excluding hydrogens is 336 g/mol. The van der Waals surface area contributed by atoms with Gasteiger partial charge in [-0.2, -0.15) is 0 Å². The van der Waals surface area contributed by atoms with Gasteiger partial charge in [0.2, 0.25) is 5.91 Å². The number of esters is 2. The predicted octanol–water partition coefficient (Wildman–Crippen LogP) is 2.11. The molecule has 0 spiro atoms. The second kappa shape index (κ2) is 7.83. The minimum absolute atomic E-state index is 0.0292. The summed E-state index contributed by atoms with van der Waals surface area (Å²) in [6, 6.07) is 4.97. The van der Waals surface area contributed by atoms with Crippen LogP contribution < -0.4 is 10.2 Å². The molecule has 1 aliphatic rings. The number of nitrogens with one attached hydrogen (secondary N) is 1. The third-order valence-electron chi connectivity index (χ3n) is 3.47. The zero-order valence-electron chi connectivity index (χ0n) is 13.3. The molecule has 1 aromatic carbocycles. The first-order valence-electron chi connectivity index (χ1n) is 7.21. The van der Waals surface area contributed by atoms with Gasteiger partial charge in [0.1, 0.15) is 5.70 Å². The molecule has 1 fully saturated rings. The number of anilines is 2. The van der Waals surface area contributed by atoms with E-state index in [0.717, 1.165) is 12.5 Å². The fourth-order valence-electron chi connectivity index (χ4n) is 2.28. The van der Waals surface area contributed by atoms with Gasteiger partial charge in [0, 0.05) is 18.7 Å². The highest BCUT2D eigenvalue weighted by atomic mass is 35.5. The smallest absolute Gasteiger partial charge is 0.354 e. The Morgan fingerprint density at radius 3 is 2.62 bits per heavy atom. The Hall–Kier alpha value is -2.54. The number of carbonyl (C=O) groups is 3. The van der Waals surface area contributed by atoms with Gasteiger partial charge >= 0.3 is 11.9 Å². The number of nitrogens with zero attached hydrogens (tertiary/aromatic N) is 1. The van der Waals surface area contributed by atoms with Gasteiger partial charge in [0.05, 0.1) is 31.0 Å². The number of hydrogen-bond donors (Lipinski definition) is 1. The highest BCUT2D eigenvalue weighted by Crippen LogP contribution is 2.30. The molecule has 1 aromatic rings. The molecule has 24 heavy (non-hydrogen) atoms. The predicted molar refractivity (Wildman–Crippen MR) is 88.8 cm³/mol. The van der Waals surface area contributed by atoms with Crippen LogP contribution in [0.1, 0.15) is 12.8 Å². The van der Waals surface area contributed by atoms with E-state index in [1.165, 1.54) is 14.2 Å². The van der Waals surface area contributed by atoms with E-state index < -0.39 is 11.9 Å². The van der Waals surface area contributed by atoms with Gasteiger partial charge in [0.25, 0.3) is 0 Å². The molecule has 1 amide bonds. The standard InChI is InChI=1S/C16H17ClN2O5/c1-23-15(21)9-13(16(22)24-2)18-12-8-10(5-6-11(12)17)19-7-3-4-14(19)20/h5-6,8-9,18H,3-4,7H2,1-2H3/b13-9+. The van der Waals surface area contributed by atoms with Gasteiger partial charge in [-0.05, 0) is 24.6 Å². The summed E-state index contributed by atoms with van der Waals surface area (Å²) in [6.45, 7) is 0.627. The lowest BCUT2D eigenvalue weighted by Gasteiger charge is -2.18. The molecule has 0 saturated carbocycles. The summed E-state index contributed by atoms with van der Waals surface area (Å²) in [5.41, 5.74) is 0.900. The first kappa shape index (κ1) is 17.8. The van der Waals surface area contributed by atoms with Crippen LogP contribution in [0.2, 0.25) is 5.02 Å². The zero-order chi connectivity index (χ0) is 17.7. The Morgan fingerprint density at radius 2 is 2.04 bits per heavy atom. The molecule has 1 N–H and O–H groups in total. The molecule has 8 heteroatoms. The summed E-state index contributed by atoms with van der Waals surface area (Å²) < 4.78 is 9.15. The minimum Gasteiger partial charge on any atom is -0.466 e. The molecule has 0 aromatic heterocycles. The van der Waals surface area contributed by atoms with Crippen LogP contribution in [-0.4, -0.2) is 38.6 Å². The van der Waals surface area contributed by atoms with E-state index in [4.69, 9.17) is 11.6 Å². The molecule has 1 aliphatic heterocycles. The van der Waals surface area contributed by atoms with Crippen molar-refractivity contribution in [1.29, 1.82) is 0 Å². The van der Waals surface area contributed by atoms with Gasteiger partial charge < -0.3 is 19.7 Å². The molecule has 128 valence electrons. The van der Waals surface area contributed by atoms with Crippen LogP contribution in [0.3, 0.4) is 0 Å². The van der Waals surface area contributed by atoms with Gasteiger partial charge in [-0.1, -0.05) is 11.6 Å². The van der Waals surface area contributed by atoms with E-state index in [9.17, 15) is 14.4 Å². The lowest BCUT2D eigenvalue weighted by molar-refractivity contribution is -0.138. The Labute approximate surface area is 144 Å². The van der Waals surface area contributed by atoms with E-state index in [1.807, 2.05) is 0 Å². The fraction of sp³-hybridized carbons (Fsp3) is 0.312. The monoisotopic (exact) mass is 352 g/mol. The molecule has 0 atom stereocenters. The Bertz CT molecular complexity index is 702. The van der Waals surface area contributed by atoms with Gasteiger partial charge in [0.15, 0.2) is 0 Å². The van der Waals surface area contributed by atoms with Crippen LogP contribution in [-0.2, 0) is 23.9 Å². The van der Waals surface area contributed by atoms with E-state index in [-0.39, 0.29) is 11.6 Å². The van der Waals surface area contributed by atoms with Gasteiger partial charge in [-0.25, -0.2) is 9.59 Å². The lowest BCUT2D eigenvalue weighted by atomic mass is 10.2. The first-order chi connectivity index (χ1) is 11.5. The van der Waals surface area contributed by atoms with Crippen molar-refractivity contribution in [1.82, 2.24) is 0 Å². The molecule has 0 aliphatic carbocycles. The van der Waals surface area contributed by atoms with Crippen molar-refractivity contribution in [3.8, 4) is 0 Å². The summed E-state index contributed by atoms with van der Waals surface area (Å²) in [6.07, 6.45) is 2.26. The third-order valence-corrected chi connectivity index (χ3v) is 3.80. The molecule has 0 unspecified atom stereocenters. The second-order valence-corrected chi connectivity index (χ2v) is 5.42. The summed E-state index contributed by atoms with van der Waals surface area (Å²) in [5.74, 6) is -1.44. The van der Waals surface area contributed by atoms with Crippen molar-refractivity contribution in [2.75, 3.05) is 31.0 Å². The van der Waals surface area contributed by atoms with Crippen LogP contribution >= 0.6 is 11.6 Å². The van der Waals surface area contributed by atoms with Crippen LogP contribution in [0.4, 0.5) is 11.4 Å². The highest BCUT2D eigenvalue weighted by Gasteiger charge is 2.23. The molecular formula is C16H17ClN2O5. The number of rotatable bonds is 5. The van der Waals surface area contributed by atoms with Crippen molar-refractivity contribution >= 4 is 40.8 Å². The van der Waals surface area contributed by atoms with Crippen molar-refractivity contribution in [3.63, 3.8) is 0 Å². The first-order valence-corrected chi connectivity index (χ1v) is 7.59. The number of halogens is 1. The maximum atomic E-state index is 11.9. The van der Waals surface area contributed by atoms with Crippen LogP contribution in [0.5, 0.6) is 0 Å². The van der Waals surface area contributed by atoms with Crippen molar-refractivity contribution < 1.29 is 23.9 Å². The summed E-state index contributed by atoms with van der Waals surface area (Å²) in [5, 5.41) is 3.08. The van der Waals surface area contributed by atoms with E-state index in [0.29, 0.717) is 29.4 Å². The highest BCUT2D eigenvalue weighted by molar-refractivity contribution is 6.33. The second-order valence-electron chi connectivity index (χ2n) is 5.01. The summed E-state index contributed by atoms with van der Waals surface area (Å²) in [4.78, 5) is 36.7. The average Bonchev–Trinajstić information content (AvgIpc) is 3.01. The van der Waals surface area contributed by atoms with Crippen LogP contribution in [0, 0.1) is 0 Å². The molecule has 0 radical (unpaired) electrons. The summed E-state index contributed by atoms with van der Waals surface area (Å²) >= 11 is 6.14. The van der Waals surface area contributed by atoms with Crippen molar-refractivity contribution in [2.45, 2.75) is 12.8 Å². The fourth-order valence-corrected chi connectivity index (χ4v) is 2.44. The largest absolute Gasteiger partial charge is 0.466 e. The van der Waals surface area contributed by atoms with E-state index in [2.05, 4.69) is 14.8 Å². The summed E-state index contributed by atoms with van der Waals surface area (Å²) in [7, 11) is 2.39. The molecule has 2 rings (SSSR count). The Morgan fingerprint density at radius 1 is 1.29 bits per heavy atom. The van der Waals surface area contributed by atoms with E-state index in [1.54, 1.807) is 23.1 Å². The number of amides is 1. The normalized spacial score (nSPS) is 14.5. The maximum Gasteiger partial charge on any atom is 0.354 e. The van der Waals surface area contributed by atoms with Crippen LogP contribution in [0.25, 0.3) is 0 Å². The van der Waals surface area contributed by atoms with Gasteiger partial charge in [-0.3, -0.25) is 4.79 Å². The number of hydrogen-bond acceptors (Lipinski definition) is 6. The SMILES string of the molecule is COC(=O)/C=C(/Nc1cc(N2CCCC2=O)ccc1Cl)C(=O)OC. The Kier molecular flexibility index (Phi) is 5.81. The van der Waals surface area contributed by atoms with Crippen LogP contribution in [0.15, 0.2) is 30.0 Å². The number of methoxy groups -OCH3 is 2. The number of benzene rings is 1. The minimum atomic E-state index is -0.751. The molecule has 1 saturated heterocycles. The van der Waals surface area contributed by atoms with E-state index >= 15 is 0 Å². The van der Waals surface area contributed by atoms with Crippen molar-refractivity contribution in [3.05, 3.63) is 35.0 Å². The molecule has 7 nitrogen and oxygen atoms in total. The maximum absolute atomic E-state index is 11.9. The topological polar surface area (TPSA) is 84.9 Å².